The van der Waals surface area contributed by atoms with Gasteiger partial charge < -0.3 is 35.4 Å². The first kappa shape index (κ1) is 36.2. The average molecular weight is 613 g/mol. The fraction of sp³-hybridized carbons (Fsp3) is 0.515. The van der Waals surface area contributed by atoms with Gasteiger partial charge in [0.2, 0.25) is 17.7 Å². The van der Waals surface area contributed by atoms with E-state index in [-0.39, 0.29) is 38.1 Å². The van der Waals surface area contributed by atoms with E-state index in [0.717, 1.165) is 23.3 Å². The number of benzene rings is 2. The summed E-state index contributed by atoms with van der Waals surface area (Å²) in [5.41, 5.74) is 1.89. The van der Waals surface area contributed by atoms with Crippen LogP contribution in [0.25, 0.3) is 0 Å². The molecule has 242 valence electrons. The Hall–Kier alpha value is -3.96. The molecule has 0 aromatic heterocycles. The monoisotopic (exact) mass is 612 g/mol. The van der Waals surface area contributed by atoms with Crippen molar-refractivity contribution in [3.63, 3.8) is 0 Å². The van der Waals surface area contributed by atoms with Gasteiger partial charge in [0.15, 0.2) is 0 Å². The topological polar surface area (TPSA) is 146 Å². The van der Waals surface area contributed by atoms with Gasteiger partial charge in [-0.3, -0.25) is 19.2 Å². The van der Waals surface area contributed by atoms with Gasteiger partial charge in [-0.1, -0.05) is 49.4 Å². The zero-order valence-corrected chi connectivity index (χ0v) is 26.3. The van der Waals surface area contributed by atoms with E-state index >= 15 is 0 Å². The van der Waals surface area contributed by atoms with E-state index in [2.05, 4.69) is 20.7 Å². The highest BCUT2D eigenvalue weighted by Crippen LogP contribution is 2.13. The number of hydrogen-bond donors (Lipinski definition) is 4. The van der Waals surface area contributed by atoms with Gasteiger partial charge in [0.1, 0.15) is 11.8 Å². The van der Waals surface area contributed by atoms with Crippen LogP contribution in [0.5, 0.6) is 5.75 Å². The molecule has 0 aliphatic heterocycles. The Balaban J connectivity index is 2.16. The van der Waals surface area contributed by atoms with E-state index in [1.165, 1.54) is 7.11 Å². The number of carbonyl (C=O) groups excluding carboxylic acids is 4. The molecular weight excluding hydrogens is 564 g/mol. The van der Waals surface area contributed by atoms with Crippen LogP contribution in [-0.2, 0) is 36.9 Å². The summed E-state index contributed by atoms with van der Waals surface area (Å²) in [7, 11) is 2.84. The SMILES string of the molecule is CCCN(CC)C(=O)CC[C@@H](NC(=O)CCC(=O)OC)C(=O)N[C@@H](Cc1ccccc1)[C@H](O)CNCc1cccc(OC)c1. The number of aliphatic hydroxyl groups excluding tert-OH is 1. The fourth-order valence-corrected chi connectivity index (χ4v) is 4.73. The molecule has 0 unspecified atom stereocenters. The van der Waals surface area contributed by atoms with Gasteiger partial charge in [-0.05, 0) is 49.4 Å². The lowest BCUT2D eigenvalue weighted by molar-refractivity contribution is -0.142. The molecule has 2 rings (SSSR count). The average Bonchev–Trinajstić information content (AvgIpc) is 3.04. The van der Waals surface area contributed by atoms with Crippen LogP contribution in [0.4, 0.5) is 0 Å². The summed E-state index contributed by atoms with van der Waals surface area (Å²) in [6.07, 6.45) is 0.00125. The van der Waals surface area contributed by atoms with Crippen molar-refractivity contribution in [1.29, 1.82) is 0 Å². The largest absolute Gasteiger partial charge is 0.497 e. The molecule has 2 aromatic carbocycles. The molecule has 44 heavy (non-hydrogen) atoms. The van der Waals surface area contributed by atoms with Crippen molar-refractivity contribution in [1.82, 2.24) is 20.9 Å². The molecule has 0 fully saturated rings. The molecule has 0 radical (unpaired) electrons. The summed E-state index contributed by atoms with van der Waals surface area (Å²) in [5.74, 6) is -0.950. The van der Waals surface area contributed by atoms with Crippen molar-refractivity contribution < 1.29 is 33.8 Å². The van der Waals surface area contributed by atoms with Gasteiger partial charge in [-0.25, -0.2) is 0 Å². The predicted molar refractivity (Wildman–Crippen MR) is 168 cm³/mol. The number of aliphatic hydroxyl groups is 1. The number of carbonyl (C=O) groups is 4. The van der Waals surface area contributed by atoms with Crippen LogP contribution in [0.3, 0.4) is 0 Å². The first-order chi connectivity index (χ1) is 21.2. The second kappa shape index (κ2) is 20.1. The molecular formula is C33H48N4O7. The summed E-state index contributed by atoms with van der Waals surface area (Å²) in [6, 6.07) is 15.3. The maximum atomic E-state index is 13.6. The van der Waals surface area contributed by atoms with Crippen molar-refractivity contribution in [2.24, 2.45) is 0 Å². The first-order valence-corrected chi connectivity index (χ1v) is 15.2. The second-order valence-corrected chi connectivity index (χ2v) is 10.6. The summed E-state index contributed by atoms with van der Waals surface area (Å²) < 4.78 is 9.89. The molecule has 0 heterocycles. The second-order valence-electron chi connectivity index (χ2n) is 10.6. The number of nitrogens with zero attached hydrogens (tertiary/aromatic N) is 1. The van der Waals surface area contributed by atoms with Gasteiger partial charge in [-0.2, -0.15) is 0 Å². The standard InChI is InChI=1S/C33H48N4O7/c1-5-19-37(6-2)31(40)17-15-27(35-30(39)16-18-32(41)44-4)33(42)36-28(21-24-11-8-7-9-12-24)29(38)23-34-22-25-13-10-14-26(20-25)43-3/h7-14,20,27-29,34,38H,5-6,15-19,21-23H2,1-4H3,(H,35,39)(H,36,42)/t27-,28+,29-/m1/s1. The Kier molecular flexibility index (Phi) is 16.5. The zero-order chi connectivity index (χ0) is 32.3. The third-order valence-corrected chi connectivity index (χ3v) is 7.22. The van der Waals surface area contributed by atoms with Gasteiger partial charge in [-0.15, -0.1) is 0 Å². The number of ether oxygens (including phenoxy) is 2. The lowest BCUT2D eigenvalue weighted by Crippen LogP contribution is -2.55. The first-order valence-electron chi connectivity index (χ1n) is 15.2. The Bertz CT molecular complexity index is 1180. The maximum Gasteiger partial charge on any atom is 0.306 e. The molecule has 4 N–H and O–H groups in total. The minimum atomic E-state index is -1.04. The van der Waals surface area contributed by atoms with Gasteiger partial charge in [0.05, 0.1) is 32.8 Å². The summed E-state index contributed by atoms with van der Waals surface area (Å²) >= 11 is 0. The van der Waals surface area contributed by atoms with E-state index in [4.69, 9.17) is 4.74 Å². The van der Waals surface area contributed by atoms with Crippen LogP contribution in [-0.4, -0.2) is 85.7 Å². The Morgan fingerprint density at radius 3 is 2.30 bits per heavy atom. The number of hydrogen-bond acceptors (Lipinski definition) is 8. The molecule has 11 nitrogen and oxygen atoms in total. The summed E-state index contributed by atoms with van der Waals surface area (Å²) in [4.78, 5) is 52.4. The van der Waals surface area contributed by atoms with Crippen molar-refractivity contribution in [2.75, 3.05) is 33.9 Å². The van der Waals surface area contributed by atoms with Gasteiger partial charge >= 0.3 is 5.97 Å². The molecule has 0 bridgehead atoms. The van der Waals surface area contributed by atoms with E-state index < -0.39 is 36.0 Å². The molecule has 0 saturated heterocycles. The van der Waals surface area contributed by atoms with Crippen LogP contribution in [0.15, 0.2) is 54.6 Å². The minimum absolute atomic E-state index is 0.0528. The summed E-state index contributed by atoms with van der Waals surface area (Å²) in [6.45, 7) is 5.69. The van der Waals surface area contributed by atoms with E-state index in [1.54, 1.807) is 12.0 Å². The van der Waals surface area contributed by atoms with E-state index in [0.29, 0.717) is 26.1 Å². The van der Waals surface area contributed by atoms with E-state index in [1.807, 2.05) is 68.4 Å². The highest BCUT2D eigenvalue weighted by Gasteiger charge is 2.28. The van der Waals surface area contributed by atoms with Gasteiger partial charge in [0, 0.05) is 39.0 Å². The predicted octanol–water partition coefficient (Wildman–Crippen LogP) is 2.35. The zero-order valence-electron chi connectivity index (χ0n) is 26.3. The van der Waals surface area contributed by atoms with Crippen LogP contribution >= 0.6 is 0 Å². The third kappa shape index (κ3) is 13.1. The molecule has 11 heteroatoms. The number of methoxy groups -OCH3 is 2. The highest BCUT2D eigenvalue weighted by molar-refractivity contribution is 5.89. The molecule has 3 atom stereocenters. The fourth-order valence-electron chi connectivity index (χ4n) is 4.73. The van der Waals surface area contributed by atoms with Crippen LogP contribution in [0, 0.1) is 0 Å². The minimum Gasteiger partial charge on any atom is -0.497 e. The Morgan fingerprint density at radius 1 is 0.909 bits per heavy atom. The van der Waals surface area contributed by atoms with Gasteiger partial charge in [0.25, 0.3) is 0 Å². The molecule has 2 aromatic rings. The smallest absolute Gasteiger partial charge is 0.306 e. The van der Waals surface area contributed by atoms with Crippen molar-refractivity contribution in [3.8, 4) is 5.75 Å². The lowest BCUT2D eigenvalue weighted by Gasteiger charge is -2.28. The Labute approximate surface area is 260 Å². The van der Waals surface area contributed by atoms with Crippen molar-refractivity contribution in [3.05, 3.63) is 65.7 Å². The number of rotatable bonds is 20. The quantitative estimate of drug-likeness (QED) is 0.167. The van der Waals surface area contributed by atoms with Crippen molar-refractivity contribution in [2.45, 2.75) is 77.1 Å². The lowest BCUT2D eigenvalue weighted by atomic mass is 9.99. The molecule has 0 saturated carbocycles. The highest BCUT2D eigenvalue weighted by atomic mass is 16.5. The van der Waals surface area contributed by atoms with Crippen LogP contribution in [0.2, 0.25) is 0 Å². The van der Waals surface area contributed by atoms with Crippen LogP contribution in [0.1, 0.15) is 57.1 Å². The van der Waals surface area contributed by atoms with E-state index in [9.17, 15) is 24.3 Å². The number of esters is 1. The number of nitrogens with one attached hydrogen (secondary N) is 3. The molecule has 0 aliphatic carbocycles. The maximum absolute atomic E-state index is 13.6. The Morgan fingerprint density at radius 2 is 1.64 bits per heavy atom. The normalized spacial score (nSPS) is 12.8. The van der Waals surface area contributed by atoms with Crippen LogP contribution < -0.4 is 20.7 Å². The third-order valence-electron chi connectivity index (χ3n) is 7.22. The molecule has 3 amide bonds. The molecule has 0 spiro atoms. The molecule has 0 aliphatic rings. The number of amides is 3. The summed E-state index contributed by atoms with van der Waals surface area (Å²) in [5, 5.41) is 20.1. The van der Waals surface area contributed by atoms with Crippen molar-refractivity contribution >= 4 is 23.7 Å².